The van der Waals surface area contributed by atoms with Gasteiger partial charge in [0.25, 0.3) is 5.91 Å². The molecule has 25 heavy (non-hydrogen) atoms. The van der Waals surface area contributed by atoms with Crippen LogP contribution in [0.2, 0.25) is 0 Å². The van der Waals surface area contributed by atoms with Crippen molar-refractivity contribution >= 4 is 5.91 Å². The second-order valence-corrected chi connectivity index (χ2v) is 6.05. The quantitative estimate of drug-likeness (QED) is 0.864. The van der Waals surface area contributed by atoms with Crippen LogP contribution >= 0.6 is 0 Å². The summed E-state index contributed by atoms with van der Waals surface area (Å²) in [7, 11) is 0. The van der Waals surface area contributed by atoms with Crippen molar-refractivity contribution in [1.29, 1.82) is 0 Å². The van der Waals surface area contributed by atoms with Crippen molar-refractivity contribution in [1.82, 2.24) is 10.3 Å². The summed E-state index contributed by atoms with van der Waals surface area (Å²) in [6.45, 7) is 3.90. The number of alkyl halides is 3. The second-order valence-electron chi connectivity index (χ2n) is 6.05. The van der Waals surface area contributed by atoms with Gasteiger partial charge in [0.05, 0.1) is 5.56 Å². The first kappa shape index (κ1) is 18.7. The molecule has 0 spiro atoms. The van der Waals surface area contributed by atoms with Gasteiger partial charge < -0.3 is 15.8 Å². The van der Waals surface area contributed by atoms with E-state index in [0.29, 0.717) is 24.1 Å². The SMILES string of the molecule is CC(C)(CN)NC(=O)c1ccc(Oc2ccc(C(F)(F)F)cn2)cc1. The van der Waals surface area contributed by atoms with Crippen molar-refractivity contribution in [3.8, 4) is 11.6 Å². The number of halogens is 3. The van der Waals surface area contributed by atoms with Gasteiger partial charge in [-0.1, -0.05) is 0 Å². The minimum Gasteiger partial charge on any atom is -0.439 e. The van der Waals surface area contributed by atoms with Gasteiger partial charge in [-0.3, -0.25) is 4.79 Å². The van der Waals surface area contributed by atoms with Crippen LogP contribution in [0, 0.1) is 0 Å². The number of hydrogen-bond acceptors (Lipinski definition) is 4. The van der Waals surface area contributed by atoms with Gasteiger partial charge >= 0.3 is 6.18 Å². The maximum atomic E-state index is 12.5. The molecule has 2 rings (SSSR count). The third-order valence-electron chi connectivity index (χ3n) is 3.36. The number of carbonyl (C=O) groups is 1. The third kappa shape index (κ3) is 5.18. The van der Waals surface area contributed by atoms with Gasteiger partial charge in [0, 0.05) is 29.9 Å². The van der Waals surface area contributed by atoms with Crippen LogP contribution < -0.4 is 15.8 Å². The Balaban J connectivity index is 2.04. The molecule has 1 aromatic heterocycles. The van der Waals surface area contributed by atoms with Crippen LogP contribution in [0.3, 0.4) is 0 Å². The van der Waals surface area contributed by atoms with Crippen LogP contribution in [0.4, 0.5) is 13.2 Å². The van der Waals surface area contributed by atoms with E-state index < -0.39 is 17.3 Å². The topological polar surface area (TPSA) is 77.2 Å². The fourth-order valence-corrected chi connectivity index (χ4v) is 1.83. The molecule has 0 saturated heterocycles. The van der Waals surface area contributed by atoms with Gasteiger partial charge in [0.1, 0.15) is 5.75 Å². The molecule has 1 heterocycles. The van der Waals surface area contributed by atoms with Gasteiger partial charge in [-0.25, -0.2) is 4.98 Å². The number of nitrogens with two attached hydrogens (primary N) is 1. The fourth-order valence-electron chi connectivity index (χ4n) is 1.83. The highest BCUT2D eigenvalue weighted by Gasteiger charge is 2.30. The summed E-state index contributed by atoms with van der Waals surface area (Å²) in [6, 6.07) is 8.17. The molecule has 0 atom stereocenters. The summed E-state index contributed by atoms with van der Waals surface area (Å²) in [5.74, 6) is 0.0889. The Morgan fingerprint density at radius 1 is 1.16 bits per heavy atom. The Hall–Kier alpha value is -2.61. The van der Waals surface area contributed by atoms with Crippen LogP contribution in [0.1, 0.15) is 29.8 Å². The summed E-state index contributed by atoms with van der Waals surface area (Å²) >= 11 is 0. The van der Waals surface area contributed by atoms with E-state index in [1.807, 2.05) is 0 Å². The maximum Gasteiger partial charge on any atom is 0.417 e. The molecular formula is C17H18F3N3O2. The lowest BCUT2D eigenvalue weighted by atomic mass is 10.1. The van der Waals surface area contributed by atoms with Crippen molar-refractivity contribution in [3.05, 3.63) is 53.7 Å². The van der Waals surface area contributed by atoms with Crippen LogP contribution in [-0.4, -0.2) is 23.0 Å². The smallest absolute Gasteiger partial charge is 0.417 e. The number of amides is 1. The number of carbonyl (C=O) groups excluding carboxylic acids is 1. The molecule has 0 unspecified atom stereocenters. The Morgan fingerprint density at radius 3 is 2.28 bits per heavy atom. The highest BCUT2D eigenvalue weighted by Crippen LogP contribution is 2.30. The molecule has 0 saturated carbocycles. The van der Waals surface area contributed by atoms with Gasteiger partial charge in [-0.2, -0.15) is 13.2 Å². The average Bonchev–Trinajstić information content (AvgIpc) is 2.55. The van der Waals surface area contributed by atoms with Gasteiger partial charge in [-0.05, 0) is 44.2 Å². The van der Waals surface area contributed by atoms with E-state index in [2.05, 4.69) is 10.3 Å². The summed E-state index contributed by atoms with van der Waals surface area (Å²) in [6.07, 6.45) is -3.75. The Bertz CT molecular complexity index is 726. The average molecular weight is 353 g/mol. The molecule has 0 radical (unpaired) electrons. The first-order valence-corrected chi connectivity index (χ1v) is 7.44. The zero-order valence-electron chi connectivity index (χ0n) is 13.7. The molecule has 5 nitrogen and oxygen atoms in total. The van der Waals surface area contributed by atoms with E-state index in [0.717, 1.165) is 12.1 Å². The number of pyridine rings is 1. The molecule has 0 fully saturated rings. The number of rotatable bonds is 5. The van der Waals surface area contributed by atoms with Gasteiger partial charge in [0.2, 0.25) is 5.88 Å². The van der Waals surface area contributed by atoms with Crippen molar-refractivity contribution in [2.45, 2.75) is 25.6 Å². The number of ether oxygens (including phenoxy) is 1. The monoisotopic (exact) mass is 353 g/mol. The van der Waals surface area contributed by atoms with Crippen LogP contribution in [0.15, 0.2) is 42.6 Å². The number of aromatic nitrogens is 1. The van der Waals surface area contributed by atoms with Crippen molar-refractivity contribution in [2.24, 2.45) is 5.73 Å². The van der Waals surface area contributed by atoms with E-state index in [-0.39, 0.29) is 11.8 Å². The summed E-state index contributed by atoms with van der Waals surface area (Å²) in [4.78, 5) is 15.7. The van der Waals surface area contributed by atoms with Gasteiger partial charge in [-0.15, -0.1) is 0 Å². The largest absolute Gasteiger partial charge is 0.439 e. The number of hydrogen-bond donors (Lipinski definition) is 2. The molecule has 0 aliphatic carbocycles. The number of nitrogens with one attached hydrogen (secondary N) is 1. The lowest BCUT2D eigenvalue weighted by Gasteiger charge is -2.24. The summed E-state index contributed by atoms with van der Waals surface area (Å²) in [5.41, 5.74) is 4.60. The zero-order chi connectivity index (χ0) is 18.7. The predicted molar refractivity (Wildman–Crippen MR) is 86.4 cm³/mol. The Morgan fingerprint density at radius 2 is 1.80 bits per heavy atom. The lowest BCUT2D eigenvalue weighted by molar-refractivity contribution is -0.137. The molecule has 3 N–H and O–H groups in total. The van der Waals surface area contributed by atoms with Gasteiger partial charge in [0.15, 0.2) is 0 Å². The molecule has 0 bridgehead atoms. The molecule has 0 aliphatic rings. The summed E-state index contributed by atoms with van der Waals surface area (Å²) < 4.78 is 42.8. The van der Waals surface area contributed by atoms with Crippen LogP contribution in [0.5, 0.6) is 11.6 Å². The highest BCUT2D eigenvalue weighted by atomic mass is 19.4. The van der Waals surface area contributed by atoms with Crippen molar-refractivity contribution in [3.63, 3.8) is 0 Å². The second kappa shape index (κ2) is 7.10. The standard InChI is InChI=1S/C17H18F3N3O2/c1-16(2,10-21)23-15(24)11-3-6-13(7-4-11)25-14-8-5-12(9-22-14)17(18,19)20/h3-9H,10,21H2,1-2H3,(H,23,24). The lowest BCUT2D eigenvalue weighted by Crippen LogP contribution is -2.48. The van der Waals surface area contributed by atoms with E-state index in [1.54, 1.807) is 26.0 Å². The zero-order valence-corrected chi connectivity index (χ0v) is 13.7. The fraction of sp³-hybridized carbons (Fsp3) is 0.294. The summed E-state index contributed by atoms with van der Waals surface area (Å²) in [5, 5.41) is 2.79. The molecule has 0 aliphatic heterocycles. The molecule has 1 amide bonds. The molecule has 8 heteroatoms. The first-order valence-electron chi connectivity index (χ1n) is 7.44. The minimum atomic E-state index is -4.45. The normalized spacial score (nSPS) is 11.9. The molecule has 134 valence electrons. The third-order valence-corrected chi connectivity index (χ3v) is 3.36. The Labute approximate surface area is 143 Å². The van der Waals surface area contributed by atoms with E-state index in [1.165, 1.54) is 12.1 Å². The van der Waals surface area contributed by atoms with Crippen molar-refractivity contribution < 1.29 is 22.7 Å². The number of benzene rings is 1. The Kier molecular flexibility index (Phi) is 5.32. The van der Waals surface area contributed by atoms with Crippen molar-refractivity contribution in [2.75, 3.05) is 6.54 Å². The predicted octanol–water partition coefficient (Wildman–Crippen LogP) is 3.36. The number of nitrogens with zero attached hydrogens (tertiary/aromatic N) is 1. The van der Waals surface area contributed by atoms with E-state index in [9.17, 15) is 18.0 Å². The molecule has 1 aromatic carbocycles. The van der Waals surface area contributed by atoms with Crippen LogP contribution in [0.25, 0.3) is 0 Å². The minimum absolute atomic E-state index is 0.0227. The van der Waals surface area contributed by atoms with E-state index in [4.69, 9.17) is 10.5 Å². The highest BCUT2D eigenvalue weighted by molar-refractivity contribution is 5.94. The molecular weight excluding hydrogens is 335 g/mol. The maximum absolute atomic E-state index is 12.5. The van der Waals surface area contributed by atoms with Crippen LogP contribution in [-0.2, 0) is 6.18 Å². The molecule has 2 aromatic rings. The first-order chi connectivity index (χ1) is 11.6. The van der Waals surface area contributed by atoms with E-state index >= 15 is 0 Å².